The van der Waals surface area contributed by atoms with Gasteiger partial charge in [-0.15, -0.1) is 11.3 Å². The van der Waals surface area contributed by atoms with Crippen molar-refractivity contribution < 1.29 is 19.8 Å². The number of carboxylic acids is 1. The predicted molar refractivity (Wildman–Crippen MR) is 68.0 cm³/mol. The summed E-state index contributed by atoms with van der Waals surface area (Å²) in [6.07, 6.45) is -0.110. The SMILES string of the molecule is CC(NC(=O)C1CC(O)CN1)c1nc(C(=O)O)cs1. The van der Waals surface area contributed by atoms with Crippen LogP contribution in [0, 0.1) is 0 Å². The summed E-state index contributed by atoms with van der Waals surface area (Å²) < 4.78 is 0. The Labute approximate surface area is 113 Å². The second-order valence-electron chi connectivity index (χ2n) is 4.46. The molecule has 7 nitrogen and oxygen atoms in total. The van der Waals surface area contributed by atoms with E-state index in [1.165, 1.54) is 16.7 Å². The number of carboxylic acid groups (broad SMARTS) is 1. The van der Waals surface area contributed by atoms with Gasteiger partial charge in [0.1, 0.15) is 5.01 Å². The van der Waals surface area contributed by atoms with Gasteiger partial charge in [-0.05, 0) is 13.3 Å². The van der Waals surface area contributed by atoms with E-state index in [2.05, 4.69) is 15.6 Å². The third-order valence-electron chi connectivity index (χ3n) is 2.89. The Bertz CT molecular complexity index is 490. The maximum absolute atomic E-state index is 11.9. The molecule has 3 unspecified atom stereocenters. The van der Waals surface area contributed by atoms with E-state index in [1.54, 1.807) is 6.92 Å². The van der Waals surface area contributed by atoms with Crippen molar-refractivity contribution in [2.75, 3.05) is 6.54 Å². The molecule has 1 aliphatic heterocycles. The van der Waals surface area contributed by atoms with Gasteiger partial charge in [0.15, 0.2) is 5.69 Å². The highest BCUT2D eigenvalue weighted by Crippen LogP contribution is 2.18. The molecule has 8 heteroatoms. The summed E-state index contributed by atoms with van der Waals surface area (Å²) in [4.78, 5) is 26.6. The molecule has 1 amide bonds. The average Bonchev–Trinajstić information content (AvgIpc) is 2.96. The fraction of sp³-hybridized carbons (Fsp3) is 0.545. The standard InChI is InChI=1S/C11H15N3O4S/c1-5(10-14-8(4-19-10)11(17)18)13-9(16)7-2-6(15)3-12-7/h4-7,12,15H,2-3H2,1H3,(H,13,16)(H,17,18). The van der Waals surface area contributed by atoms with Crippen LogP contribution in [0.4, 0.5) is 0 Å². The maximum atomic E-state index is 11.9. The molecule has 4 N–H and O–H groups in total. The average molecular weight is 285 g/mol. The largest absolute Gasteiger partial charge is 0.476 e. The Morgan fingerprint density at radius 3 is 2.89 bits per heavy atom. The van der Waals surface area contributed by atoms with Crippen LogP contribution in [0.25, 0.3) is 0 Å². The number of aromatic nitrogens is 1. The predicted octanol–water partition coefficient (Wildman–Crippen LogP) is -0.259. The first kappa shape index (κ1) is 13.9. The molecule has 1 saturated heterocycles. The van der Waals surface area contributed by atoms with E-state index in [4.69, 9.17) is 5.11 Å². The third-order valence-corrected chi connectivity index (χ3v) is 3.92. The fourth-order valence-electron chi connectivity index (χ4n) is 1.88. The van der Waals surface area contributed by atoms with Crippen molar-refractivity contribution in [3.05, 3.63) is 16.1 Å². The highest BCUT2D eigenvalue weighted by molar-refractivity contribution is 7.09. The lowest BCUT2D eigenvalue weighted by Crippen LogP contribution is -2.41. The summed E-state index contributed by atoms with van der Waals surface area (Å²) in [6.45, 7) is 2.15. The zero-order valence-corrected chi connectivity index (χ0v) is 11.1. The van der Waals surface area contributed by atoms with Gasteiger partial charge >= 0.3 is 5.97 Å². The van der Waals surface area contributed by atoms with Crippen molar-refractivity contribution in [2.24, 2.45) is 0 Å². The van der Waals surface area contributed by atoms with Gasteiger partial charge in [0.25, 0.3) is 0 Å². The zero-order valence-electron chi connectivity index (χ0n) is 10.3. The maximum Gasteiger partial charge on any atom is 0.355 e. The van der Waals surface area contributed by atoms with Crippen molar-refractivity contribution in [2.45, 2.75) is 31.5 Å². The van der Waals surface area contributed by atoms with Crippen LogP contribution in [0.15, 0.2) is 5.38 Å². The first-order chi connectivity index (χ1) is 8.97. The van der Waals surface area contributed by atoms with Gasteiger partial charge in [-0.25, -0.2) is 9.78 Å². The molecule has 2 heterocycles. The molecule has 1 aliphatic rings. The quantitative estimate of drug-likeness (QED) is 0.606. The minimum atomic E-state index is -1.08. The van der Waals surface area contributed by atoms with E-state index < -0.39 is 18.1 Å². The topological polar surface area (TPSA) is 112 Å². The number of β-amino-alcohol motifs (C(OH)–C–C–N with tert-alkyl or cyclic N) is 1. The second kappa shape index (κ2) is 5.64. The lowest BCUT2D eigenvalue weighted by molar-refractivity contribution is -0.123. The van der Waals surface area contributed by atoms with Gasteiger partial charge < -0.3 is 20.8 Å². The van der Waals surface area contributed by atoms with Crippen LogP contribution in [0.5, 0.6) is 0 Å². The van der Waals surface area contributed by atoms with Gasteiger partial charge in [0, 0.05) is 11.9 Å². The number of nitrogens with one attached hydrogen (secondary N) is 2. The summed E-state index contributed by atoms with van der Waals surface area (Å²) >= 11 is 1.19. The second-order valence-corrected chi connectivity index (χ2v) is 5.35. The van der Waals surface area contributed by atoms with Crippen molar-refractivity contribution in [3.8, 4) is 0 Å². The van der Waals surface area contributed by atoms with Crippen molar-refractivity contribution in [1.29, 1.82) is 0 Å². The number of thiazole rings is 1. The highest BCUT2D eigenvalue weighted by atomic mass is 32.1. The van der Waals surface area contributed by atoms with E-state index in [0.717, 1.165) is 0 Å². The molecule has 0 aliphatic carbocycles. The van der Waals surface area contributed by atoms with Crippen LogP contribution in [0.3, 0.4) is 0 Å². The summed E-state index contributed by atoms with van der Waals surface area (Å²) in [5.41, 5.74) is -0.0180. The molecule has 0 spiro atoms. The molecule has 1 fully saturated rings. The van der Waals surface area contributed by atoms with Gasteiger partial charge in [-0.3, -0.25) is 4.79 Å². The lowest BCUT2D eigenvalue weighted by atomic mass is 10.2. The van der Waals surface area contributed by atoms with E-state index >= 15 is 0 Å². The van der Waals surface area contributed by atoms with Crippen LogP contribution in [0.1, 0.15) is 34.9 Å². The molecule has 3 atom stereocenters. The number of carbonyl (C=O) groups excluding carboxylic acids is 1. The van der Waals surface area contributed by atoms with E-state index in [0.29, 0.717) is 18.0 Å². The molecule has 1 aromatic rings. The lowest BCUT2D eigenvalue weighted by Gasteiger charge is -2.15. The molecule has 0 radical (unpaired) electrons. The molecule has 0 saturated carbocycles. The van der Waals surface area contributed by atoms with Crippen LogP contribution in [-0.2, 0) is 4.79 Å². The molecule has 0 aromatic carbocycles. The monoisotopic (exact) mass is 285 g/mol. The number of aliphatic hydroxyl groups is 1. The Morgan fingerprint density at radius 1 is 1.63 bits per heavy atom. The number of rotatable bonds is 4. The summed E-state index contributed by atoms with van der Waals surface area (Å²) in [7, 11) is 0. The van der Waals surface area contributed by atoms with Gasteiger partial charge in [0.05, 0.1) is 18.2 Å². The van der Waals surface area contributed by atoms with Crippen LogP contribution in [-0.4, -0.2) is 45.8 Å². The smallest absolute Gasteiger partial charge is 0.355 e. The third kappa shape index (κ3) is 3.28. The van der Waals surface area contributed by atoms with Gasteiger partial charge in [-0.2, -0.15) is 0 Å². The molecule has 104 valence electrons. The number of hydrogen-bond donors (Lipinski definition) is 4. The molecular formula is C11H15N3O4S. The molecular weight excluding hydrogens is 270 g/mol. The molecule has 2 rings (SSSR count). The van der Waals surface area contributed by atoms with Crippen molar-refractivity contribution >= 4 is 23.2 Å². The summed E-state index contributed by atoms with van der Waals surface area (Å²) in [5, 5.41) is 25.8. The van der Waals surface area contributed by atoms with E-state index in [-0.39, 0.29) is 17.6 Å². The summed E-state index contributed by atoms with van der Waals surface area (Å²) in [5.74, 6) is -1.29. The minimum Gasteiger partial charge on any atom is -0.476 e. The van der Waals surface area contributed by atoms with Crippen LogP contribution in [0.2, 0.25) is 0 Å². The van der Waals surface area contributed by atoms with Gasteiger partial charge in [-0.1, -0.05) is 0 Å². The Hall–Kier alpha value is -1.51. The molecule has 19 heavy (non-hydrogen) atoms. The highest BCUT2D eigenvalue weighted by Gasteiger charge is 2.29. The number of aliphatic hydroxyl groups excluding tert-OH is 1. The van der Waals surface area contributed by atoms with Gasteiger partial charge in [0.2, 0.25) is 5.91 Å². The van der Waals surface area contributed by atoms with E-state index in [9.17, 15) is 14.7 Å². The van der Waals surface area contributed by atoms with Crippen LogP contribution < -0.4 is 10.6 Å². The number of amides is 1. The fourth-order valence-corrected chi connectivity index (χ4v) is 2.68. The van der Waals surface area contributed by atoms with Crippen LogP contribution >= 0.6 is 11.3 Å². The van der Waals surface area contributed by atoms with Crippen molar-refractivity contribution in [3.63, 3.8) is 0 Å². The number of hydrogen-bond acceptors (Lipinski definition) is 6. The van der Waals surface area contributed by atoms with E-state index in [1.807, 2.05) is 0 Å². The molecule has 0 bridgehead atoms. The number of nitrogens with zero attached hydrogens (tertiary/aromatic N) is 1. The first-order valence-corrected chi connectivity index (χ1v) is 6.76. The normalized spacial score (nSPS) is 24.1. The Kier molecular flexibility index (Phi) is 4.13. The number of carbonyl (C=O) groups is 2. The van der Waals surface area contributed by atoms with Crippen molar-refractivity contribution in [1.82, 2.24) is 15.6 Å². The number of aromatic carboxylic acids is 1. The first-order valence-electron chi connectivity index (χ1n) is 5.88. The Morgan fingerprint density at radius 2 is 2.37 bits per heavy atom. The zero-order chi connectivity index (χ0) is 14.0. The minimum absolute atomic E-state index is 0.0180. The molecule has 1 aromatic heterocycles. The Balaban J connectivity index is 1.94. The summed E-state index contributed by atoms with van der Waals surface area (Å²) in [6, 6.07) is -0.763.